The van der Waals surface area contributed by atoms with E-state index in [2.05, 4.69) is 15.3 Å². The summed E-state index contributed by atoms with van der Waals surface area (Å²) < 4.78 is 5.76. The van der Waals surface area contributed by atoms with Crippen molar-refractivity contribution in [3.8, 4) is 17.0 Å². The molecule has 1 N–H and O–H groups in total. The van der Waals surface area contributed by atoms with E-state index in [0.717, 1.165) is 16.9 Å². The van der Waals surface area contributed by atoms with Crippen LogP contribution in [0.4, 0.5) is 5.69 Å². The average Bonchev–Trinajstić information content (AvgIpc) is 2.80. The van der Waals surface area contributed by atoms with Crippen molar-refractivity contribution in [1.82, 2.24) is 9.97 Å². The summed E-state index contributed by atoms with van der Waals surface area (Å²) in [4.78, 5) is 21.0. The van der Waals surface area contributed by atoms with Crippen LogP contribution in [0.5, 0.6) is 5.75 Å². The summed E-state index contributed by atoms with van der Waals surface area (Å²) in [6, 6.07) is 24.1. The summed E-state index contributed by atoms with van der Waals surface area (Å²) in [5, 5.41) is 3.36. The molecule has 5 nitrogen and oxygen atoms in total. The Morgan fingerprint density at radius 3 is 2.40 bits per heavy atom. The number of benzene rings is 2. The molecule has 0 bridgehead atoms. The standard InChI is InChI=1S/C24H18ClN3O2/c25-21-7-4-14-26-23(21)18-8-13-22(27-15-18)24(29)28-19-9-11-20(12-10-19)30-16-17-5-2-1-3-6-17/h1-15H,16H2,(H,28,29). The highest BCUT2D eigenvalue weighted by Crippen LogP contribution is 2.24. The lowest BCUT2D eigenvalue weighted by Gasteiger charge is -2.09. The van der Waals surface area contributed by atoms with Crippen molar-refractivity contribution < 1.29 is 9.53 Å². The van der Waals surface area contributed by atoms with E-state index in [-0.39, 0.29) is 5.91 Å². The number of carbonyl (C=O) groups is 1. The Balaban J connectivity index is 1.37. The zero-order chi connectivity index (χ0) is 20.8. The van der Waals surface area contributed by atoms with Crippen LogP contribution in [0.3, 0.4) is 0 Å². The molecular weight excluding hydrogens is 398 g/mol. The highest BCUT2D eigenvalue weighted by molar-refractivity contribution is 6.33. The summed E-state index contributed by atoms with van der Waals surface area (Å²) >= 11 is 6.16. The number of rotatable bonds is 6. The van der Waals surface area contributed by atoms with Gasteiger partial charge in [0.1, 0.15) is 18.1 Å². The number of amides is 1. The van der Waals surface area contributed by atoms with Gasteiger partial charge in [0.25, 0.3) is 5.91 Å². The number of aromatic nitrogens is 2. The Hall–Kier alpha value is -3.70. The van der Waals surface area contributed by atoms with Gasteiger partial charge in [-0.25, -0.2) is 0 Å². The molecule has 0 atom stereocenters. The molecule has 0 fully saturated rings. The van der Waals surface area contributed by atoms with Crippen LogP contribution in [-0.2, 0) is 6.61 Å². The van der Waals surface area contributed by atoms with Crippen LogP contribution in [0.1, 0.15) is 16.1 Å². The van der Waals surface area contributed by atoms with Crippen molar-refractivity contribution in [3.05, 3.63) is 108 Å². The third-order valence-corrected chi connectivity index (χ3v) is 4.69. The quantitative estimate of drug-likeness (QED) is 0.443. The van der Waals surface area contributed by atoms with Crippen LogP contribution >= 0.6 is 11.6 Å². The molecule has 0 aliphatic heterocycles. The fourth-order valence-corrected chi connectivity index (χ4v) is 3.07. The van der Waals surface area contributed by atoms with Gasteiger partial charge in [-0.3, -0.25) is 14.8 Å². The number of nitrogens with one attached hydrogen (secondary N) is 1. The number of hydrogen-bond donors (Lipinski definition) is 1. The molecule has 0 spiro atoms. The summed E-state index contributed by atoms with van der Waals surface area (Å²) in [7, 11) is 0. The number of halogens is 1. The fraction of sp³-hybridized carbons (Fsp3) is 0.0417. The Morgan fingerprint density at radius 1 is 0.900 bits per heavy atom. The molecule has 0 unspecified atom stereocenters. The molecule has 0 radical (unpaired) electrons. The Morgan fingerprint density at radius 2 is 1.70 bits per heavy atom. The molecule has 2 aromatic heterocycles. The Kier molecular flexibility index (Phi) is 6.01. The van der Waals surface area contributed by atoms with E-state index in [1.54, 1.807) is 48.8 Å². The van der Waals surface area contributed by atoms with E-state index >= 15 is 0 Å². The molecule has 148 valence electrons. The predicted octanol–water partition coefficient (Wildman–Crippen LogP) is 5.63. The zero-order valence-corrected chi connectivity index (χ0v) is 16.7. The van der Waals surface area contributed by atoms with Crippen LogP contribution in [0, 0.1) is 0 Å². The second kappa shape index (κ2) is 9.20. The van der Waals surface area contributed by atoms with Crippen molar-refractivity contribution >= 4 is 23.2 Å². The number of nitrogens with zero attached hydrogens (tertiary/aromatic N) is 2. The normalized spacial score (nSPS) is 10.4. The summed E-state index contributed by atoms with van der Waals surface area (Å²) in [5.74, 6) is 0.429. The summed E-state index contributed by atoms with van der Waals surface area (Å²) in [5.41, 5.74) is 3.43. The van der Waals surface area contributed by atoms with Gasteiger partial charge in [-0.1, -0.05) is 41.9 Å². The molecular formula is C24H18ClN3O2. The van der Waals surface area contributed by atoms with Gasteiger partial charge in [-0.2, -0.15) is 0 Å². The van der Waals surface area contributed by atoms with Crippen molar-refractivity contribution in [2.45, 2.75) is 6.61 Å². The minimum absolute atomic E-state index is 0.299. The second-order valence-corrected chi connectivity index (χ2v) is 6.93. The van der Waals surface area contributed by atoms with Crippen LogP contribution in [0.15, 0.2) is 91.3 Å². The van der Waals surface area contributed by atoms with E-state index in [0.29, 0.717) is 28.7 Å². The first-order valence-corrected chi connectivity index (χ1v) is 9.72. The summed E-state index contributed by atoms with van der Waals surface area (Å²) in [6.45, 7) is 0.489. The molecule has 30 heavy (non-hydrogen) atoms. The Bertz CT molecular complexity index is 1130. The maximum absolute atomic E-state index is 12.5. The lowest BCUT2D eigenvalue weighted by molar-refractivity contribution is 0.102. The molecule has 0 aliphatic carbocycles. The molecule has 4 aromatic rings. The van der Waals surface area contributed by atoms with Gasteiger partial charge in [0.05, 0.1) is 10.7 Å². The number of pyridine rings is 2. The number of carbonyl (C=O) groups excluding carboxylic acids is 1. The third kappa shape index (κ3) is 4.82. The van der Waals surface area contributed by atoms with E-state index in [9.17, 15) is 4.79 Å². The molecule has 1 amide bonds. The van der Waals surface area contributed by atoms with Gasteiger partial charge in [-0.05, 0) is 54.1 Å². The molecule has 0 saturated carbocycles. The van der Waals surface area contributed by atoms with Crippen molar-refractivity contribution in [3.63, 3.8) is 0 Å². The minimum Gasteiger partial charge on any atom is -0.489 e. The molecule has 2 heterocycles. The highest BCUT2D eigenvalue weighted by Gasteiger charge is 2.10. The molecule has 2 aromatic carbocycles. The smallest absolute Gasteiger partial charge is 0.274 e. The minimum atomic E-state index is -0.299. The third-order valence-electron chi connectivity index (χ3n) is 4.39. The van der Waals surface area contributed by atoms with Gasteiger partial charge in [0.2, 0.25) is 0 Å². The van der Waals surface area contributed by atoms with Gasteiger partial charge < -0.3 is 10.1 Å². The SMILES string of the molecule is O=C(Nc1ccc(OCc2ccccc2)cc1)c1ccc(-c2ncccc2Cl)cn1. The van der Waals surface area contributed by atoms with E-state index in [4.69, 9.17) is 16.3 Å². The van der Waals surface area contributed by atoms with Gasteiger partial charge in [0, 0.05) is 23.6 Å². The molecule has 4 rings (SSSR count). The fourth-order valence-electron chi connectivity index (χ4n) is 2.84. The second-order valence-electron chi connectivity index (χ2n) is 6.52. The molecule has 0 aliphatic rings. The number of ether oxygens (including phenoxy) is 1. The van der Waals surface area contributed by atoms with Gasteiger partial charge in [0.15, 0.2) is 0 Å². The Labute approximate surface area is 179 Å². The first-order valence-electron chi connectivity index (χ1n) is 9.34. The van der Waals surface area contributed by atoms with Crippen molar-refractivity contribution in [2.24, 2.45) is 0 Å². The van der Waals surface area contributed by atoms with E-state index in [1.165, 1.54) is 0 Å². The monoisotopic (exact) mass is 415 g/mol. The number of anilines is 1. The largest absolute Gasteiger partial charge is 0.489 e. The maximum Gasteiger partial charge on any atom is 0.274 e. The van der Waals surface area contributed by atoms with Crippen LogP contribution in [0.2, 0.25) is 5.02 Å². The zero-order valence-electron chi connectivity index (χ0n) is 16.0. The van der Waals surface area contributed by atoms with Crippen LogP contribution in [-0.4, -0.2) is 15.9 Å². The molecule has 0 saturated heterocycles. The lowest BCUT2D eigenvalue weighted by atomic mass is 10.1. The maximum atomic E-state index is 12.5. The lowest BCUT2D eigenvalue weighted by Crippen LogP contribution is -2.13. The van der Waals surface area contributed by atoms with Gasteiger partial charge in [-0.15, -0.1) is 0 Å². The number of hydrogen-bond acceptors (Lipinski definition) is 4. The van der Waals surface area contributed by atoms with Gasteiger partial charge >= 0.3 is 0 Å². The van der Waals surface area contributed by atoms with Crippen molar-refractivity contribution in [2.75, 3.05) is 5.32 Å². The van der Waals surface area contributed by atoms with Crippen molar-refractivity contribution in [1.29, 1.82) is 0 Å². The van der Waals surface area contributed by atoms with Crippen LogP contribution < -0.4 is 10.1 Å². The topological polar surface area (TPSA) is 64.1 Å². The van der Waals surface area contributed by atoms with E-state index < -0.39 is 0 Å². The highest BCUT2D eigenvalue weighted by atomic mass is 35.5. The van der Waals surface area contributed by atoms with Crippen LogP contribution in [0.25, 0.3) is 11.3 Å². The molecule has 6 heteroatoms. The first-order chi connectivity index (χ1) is 14.7. The summed E-state index contributed by atoms with van der Waals surface area (Å²) in [6.07, 6.45) is 3.25. The first kappa shape index (κ1) is 19.6. The predicted molar refractivity (Wildman–Crippen MR) is 118 cm³/mol. The average molecular weight is 416 g/mol. The van der Waals surface area contributed by atoms with E-state index in [1.807, 2.05) is 42.5 Å².